The molecule has 8 heteroatoms. The van der Waals surface area contributed by atoms with E-state index in [1.165, 1.54) is 25.7 Å². The summed E-state index contributed by atoms with van der Waals surface area (Å²) in [5, 5.41) is 0. The van der Waals surface area contributed by atoms with Crippen LogP contribution < -0.4 is 4.74 Å². The SMILES string of the molecule is CCCCCCCCOC(=O)COc1c(Br)cc(Br)c2nsnc12. The standard InChI is InChI=1S/C16H20Br2N2O3S/c1-2-3-4-5-6-7-8-22-13(21)10-23-16-12(18)9-11(17)14-15(16)20-24-19-14/h9H,2-8,10H2,1H3. The number of ether oxygens (including phenoxy) is 2. The van der Waals surface area contributed by atoms with Crippen molar-refractivity contribution in [2.75, 3.05) is 13.2 Å². The summed E-state index contributed by atoms with van der Waals surface area (Å²) in [5.74, 6) is 0.146. The number of aromatic nitrogens is 2. The molecule has 0 aliphatic carbocycles. The molecule has 1 aromatic carbocycles. The molecule has 0 atom stereocenters. The van der Waals surface area contributed by atoms with Crippen LogP contribution in [0.2, 0.25) is 0 Å². The van der Waals surface area contributed by atoms with Crippen molar-refractivity contribution >= 4 is 60.6 Å². The summed E-state index contributed by atoms with van der Waals surface area (Å²) >= 11 is 7.96. The van der Waals surface area contributed by atoms with E-state index in [4.69, 9.17) is 9.47 Å². The van der Waals surface area contributed by atoms with Crippen LogP contribution >= 0.6 is 43.6 Å². The zero-order valence-electron chi connectivity index (χ0n) is 13.5. The van der Waals surface area contributed by atoms with Crippen LogP contribution in [-0.2, 0) is 9.53 Å². The Labute approximate surface area is 162 Å². The Hall–Kier alpha value is -0.730. The highest BCUT2D eigenvalue weighted by Crippen LogP contribution is 2.37. The van der Waals surface area contributed by atoms with Gasteiger partial charge in [0.1, 0.15) is 11.0 Å². The van der Waals surface area contributed by atoms with Crippen molar-refractivity contribution in [2.45, 2.75) is 45.4 Å². The van der Waals surface area contributed by atoms with E-state index in [1.54, 1.807) is 0 Å². The number of halogens is 2. The molecular formula is C16H20Br2N2O3S. The second-order valence-corrected chi connectivity index (χ2v) is 7.64. The maximum absolute atomic E-state index is 11.8. The topological polar surface area (TPSA) is 61.3 Å². The molecule has 132 valence electrons. The number of nitrogens with zero attached hydrogens (tertiary/aromatic N) is 2. The van der Waals surface area contributed by atoms with Crippen molar-refractivity contribution in [3.05, 3.63) is 15.0 Å². The molecule has 0 N–H and O–H groups in total. The van der Waals surface area contributed by atoms with Crippen molar-refractivity contribution in [1.29, 1.82) is 0 Å². The van der Waals surface area contributed by atoms with Crippen LogP contribution in [0.25, 0.3) is 11.0 Å². The third-order valence-electron chi connectivity index (χ3n) is 3.50. The lowest BCUT2D eigenvalue weighted by Gasteiger charge is -2.09. The van der Waals surface area contributed by atoms with Gasteiger partial charge in [0.15, 0.2) is 12.4 Å². The van der Waals surface area contributed by atoms with E-state index in [9.17, 15) is 4.79 Å². The molecule has 0 unspecified atom stereocenters. The summed E-state index contributed by atoms with van der Waals surface area (Å²) < 4.78 is 20.8. The third kappa shape index (κ3) is 5.67. The Balaban J connectivity index is 1.75. The number of esters is 1. The molecular weight excluding hydrogens is 460 g/mol. The van der Waals surface area contributed by atoms with Gasteiger partial charge in [0.25, 0.3) is 0 Å². The highest BCUT2D eigenvalue weighted by atomic mass is 79.9. The molecule has 0 radical (unpaired) electrons. The number of unbranched alkanes of at least 4 members (excludes halogenated alkanes) is 5. The molecule has 0 aliphatic rings. The number of rotatable bonds is 10. The van der Waals surface area contributed by atoms with Gasteiger partial charge in [-0.15, -0.1) is 0 Å². The number of hydrogen-bond acceptors (Lipinski definition) is 6. The van der Waals surface area contributed by atoms with E-state index in [-0.39, 0.29) is 12.6 Å². The van der Waals surface area contributed by atoms with Gasteiger partial charge in [-0.2, -0.15) is 8.75 Å². The van der Waals surface area contributed by atoms with Crippen molar-refractivity contribution in [1.82, 2.24) is 8.75 Å². The molecule has 2 aromatic rings. The van der Waals surface area contributed by atoms with Crippen molar-refractivity contribution < 1.29 is 14.3 Å². The predicted octanol–water partition coefficient (Wildman–Crippen LogP) is 5.50. The molecule has 0 spiro atoms. The van der Waals surface area contributed by atoms with E-state index in [0.717, 1.165) is 39.0 Å². The molecule has 0 bridgehead atoms. The molecule has 0 saturated heterocycles. The van der Waals surface area contributed by atoms with E-state index in [1.807, 2.05) is 6.07 Å². The molecule has 0 aliphatic heterocycles. The van der Waals surface area contributed by atoms with E-state index in [0.29, 0.717) is 17.9 Å². The number of carbonyl (C=O) groups is 1. The first-order chi connectivity index (χ1) is 11.6. The van der Waals surface area contributed by atoms with E-state index >= 15 is 0 Å². The van der Waals surface area contributed by atoms with Crippen LogP contribution in [0.3, 0.4) is 0 Å². The highest BCUT2D eigenvalue weighted by molar-refractivity contribution is 9.11. The Morgan fingerprint density at radius 2 is 1.79 bits per heavy atom. The molecule has 0 fully saturated rings. The Morgan fingerprint density at radius 3 is 2.58 bits per heavy atom. The fraction of sp³-hybridized carbons (Fsp3) is 0.562. The second kappa shape index (κ2) is 10.3. The maximum atomic E-state index is 11.8. The molecule has 24 heavy (non-hydrogen) atoms. The minimum absolute atomic E-state index is 0.136. The third-order valence-corrected chi connectivity index (χ3v) is 5.22. The van der Waals surface area contributed by atoms with E-state index < -0.39 is 0 Å². The molecule has 2 rings (SSSR count). The average Bonchev–Trinajstić information content (AvgIpc) is 3.04. The second-order valence-electron chi connectivity index (χ2n) is 5.41. The lowest BCUT2D eigenvalue weighted by Crippen LogP contribution is -2.16. The lowest BCUT2D eigenvalue weighted by atomic mass is 10.1. The predicted molar refractivity (Wildman–Crippen MR) is 103 cm³/mol. The number of benzene rings is 1. The first-order valence-electron chi connectivity index (χ1n) is 8.02. The molecule has 5 nitrogen and oxygen atoms in total. The normalized spacial score (nSPS) is 11.0. The fourth-order valence-corrected chi connectivity index (χ4v) is 4.25. The number of hydrogen-bond donors (Lipinski definition) is 0. The van der Waals surface area contributed by atoms with Crippen LogP contribution in [0.5, 0.6) is 5.75 Å². The van der Waals surface area contributed by atoms with Crippen molar-refractivity contribution in [3.63, 3.8) is 0 Å². The fourth-order valence-electron chi connectivity index (χ4n) is 2.23. The monoisotopic (exact) mass is 478 g/mol. The zero-order chi connectivity index (χ0) is 17.4. The van der Waals surface area contributed by atoms with Gasteiger partial charge < -0.3 is 9.47 Å². The van der Waals surface area contributed by atoms with Gasteiger partial charge in [-0.25, -0.2) is 4.79 Å². The first-order valence-corrected chi connectivity index (χ1v) is 10.3. The van der Waals surface area contributed by atoms with Crippen LogP contribution in [-0.4, -0.2) is 27.9 Å². The van der Waals surface area contributed by atoms with E-state index in [2.05, 4.69) is 47.5 Å². The lowest BCUT2D eigenvalue weighted by molar-refractivity contribution is -0.146. The maximum Gasteiger partial charge on any atom is 0.344 e. The summed E-state index contributed by atoms with van der Waals surface area (Å²) in [7, 11) is 0. The van der Waals surface area contributed by atoms with Gasteiger partial charge in [0.2, 0.25) is 0 Å². The van der Waals surface area contributed by atoms with Crippen LogP contribution in [0.1, 0.15) is 45.4 Å². The minimum atomic E-state index is -0.366. The molecule has 1 aromatic heterocycles. The van der Waals surface area contributed by atoms with Crippen LogP contribution in [0.4, 0.5) is 0 Å². The number of carbonyl (C=O) groups excluding carboxylic acids is 1. The van der Waals surface area contributed by atoms with Crippen LogP contribution in [0.15, 0.2) is 15.0 Å². The van der Waals surface area contributed by atoms with Crippen molar-refractivity contribution in [2.24, 2.45) is 0 Å². The highest BCUT2D eigenvalue weighted by Gasteiger charge is 2.16. The van der Waals surface area contributed by atoms with Gasteiger partial charge in [-0.05, 0) is 44.3 Å². The number of fused-ring (bicyclic) bond motifs is 1. The van der Waals surface area contributed by atoms with Gasteiger partial charge in [0, 0.05) is 4.47 Å². The molecule has 0 saturated carbocycles. The van der Waals surface area contributed by atoms with Gasteiger partial charge in [0.05, 0.1) is 22.8 Å². The summed E-state index contributed by atoms with van der Waals surface area (Å²) in [4.78, 5) is 11.8. The Morgan fingerprint density at radius 1 is 1.08 bits per heavy atom. The van der Waals surface area contributed by atoms with Gasteiger partial charge in [-0.3, -0.25) is 0 Å². The van der Waals surface area contributed by atoms with Crippen molar-refractivity contribution in [3.8, 4) is 5.75 Å². The summed E-state index contributed by atoms with van der Waals surface area (Å²) in [6.07, 6.45) is 6.95. The first kappa shape index (κ1) is 19.6. The Bertz CT molecular complexity index is 679. The largest absolute Gasteiger partial charge is 0.478 e. The Kier molecular flexibility index (Phi) is 8.41. The van der Waals surface area contributed by atoms with Crippen LogP contribution in [0, 0.1) is 0 Å². The van der Waals surface area contributed by atoms with Gasteiger partial charge >= 0.3 is 5.97 Å². The quantitative estimate of drug-likeness (QED) is 0.332. The minimum Gasteiger partial charge on any atom is -0.478 e. The molecule has 0 amide bonds. The summed E-state index contributed by atoms with van der Waals surface area (Å²) in [5.41, 5.74) is 1.35. The molecule has 1 heterocycles. The smallest absolute Gasteiger partial charge is 0.344 e. The average molecular weight is 480 g/mol. The summed E-state index contributed by atoms with van der Waals surface area (Å²) in [6, 6.07) is 1.83. The zero-order valence-corrected chi connectivity index (χ0v) is 17.5. The van der Waals surface area contributed by atoms with Gasteiger partial charge in [-0.1, -0.05) is 39.0 Å². The summed E-state index contributed by atoms with van der Waals surface area (Å²) in [6.45, 7) is 2.51.